The van der Waals surface area contributed by atoms with Gasteiger partial charge < -0.3 is 5.32 Å². The molecule has 0 aromatic rings. The first kappa shape index (κ1) is 14.2. The monoisotopic (exact) mass is 270 g/mol. The lowest BCUT2D eigenvalue weighted by Gasteiger charge is -2.29. The molecule has 0 spiro atoms. The molecule has 0 bridgehead atoms. The smallest absolute Gasteiger partial charge is 0.238 e. The van der Waals surface area contributed by atoms with Gasteiger partial charge in [-0.2, -0.15) is 0 Å². The van der Waals surface area contributed by atoms with Crippen LogP contribution in [-0.4, -0.2) is 29.6 Å². The second kappa shape index (κ2) is 7.39. The van der Waals surface area contributed by atoms with Crippen molar-refractivity contribution in [2.24, 2.45) is 5.92 Å². The molecular weight excluding hydrogens is 244 g/mol. The number of rotatable bonds is 5. The Bertz CT molecular complexity index is 259. The zero-order chi connectivity index (χ0) is 12.8. The van der Waals surface area contributed by atoms with Crippen LogP contribution in [0.4, 0.5) is 0 Å². The van der Waals surface area contributed by atoms with E-state index in [-0.39, 0.29) is 11.9 Å². The Morgan fingerprint density at radius 2 is 2.11 bits per heavy atom. The summed E-state index contributed by atoms with van der Waals surface area (Å²) in [5.74, 6) is 2.98. The first-order chi connectivity index (χ1) is 8.79. The topological polar surface area (TPSA) is 41.1 Å². The number of nitrogens with one attached hydrogen (secondary N) is 2. The summed E-state index contributed by atoms with van der Waals surface area (Å²) < 4.78 is 0. The van der Waals surface area contributed by atoms with Crippen molar-refractivity contribution in [3.05, 3.63) is 0 Å². The van der Waals surface area contributed by atoms with Crippen molar-refractivity contribution in [1.29, 1.82) is 0 Å². The Hall–Kier alpha value is -0.220. The lowest BCUT2D eigenvalue weighted by molar-refractivity contribution is -0.123. The maximum Gasteiger partial charge on any atom is 0.238 e. The van der Waals surface area contributed by atoms with Crippen molar-refractivity contribution < 1.29 is 4.79 Å². The summed E-state index contributed by atoms with van der Waals surface area (Å²) in [7, 11) is 0. The van der Waals surface area contributed by atoms with Gasteiger partial charge in [-0.25, -0.2) is 0 Å². The molecule has 18 heavy (non-hydrogen) atoms. The minimum Gasteiger partial charge on any atom is -0.352 e. The summed E-state index contributed by atoms with van der Waals surface area (Å²) in [6.07, 6.45) is 9.03. The van der Waals surface area contributed by atoms with E-state index in [2.05, 4.69) is 17.6 Å². The SMILES string of the molecule is CCCCC1CCC(NC(=O)C2CSCN2)CC1. The summed E-state index contributed by atoms with van der Waals surface area (Å²) in [4.78, 5) is 12.0. The van der Waals surface area contributed by atoms with Crippen molar-refractivity contribution in [3.8, 4) is 0 Å². The molecule has 2 aliphatic rings. The molecule has 0 aromatic carbocycles. The predicted molar refractivity (Wildman–Crippen MR) is 77.7 cm³/mol. The Balaban J connectivity index is 1.65. The van der Waals surface area contributed by atoms with E-state index in [1.165, 1.54) is 44.9 Å². The molecule has 1 amide bonds. The molecule has 3 nitrogen and oxygen atoms in total. The van der Waals surface area contributed by atoms with Crippen molar-refractivity contribution >= 4 is 17.7 Å². The highest BCUT2D eigenvalue weighted by Crippen LogP contribution is 2.28. The minimum absolute atomic E-state index is 0.0489. The minimum atomic E-state index is 0.0489. The Labute approximate surface area is 115 Å². The fraction of sp³-hybridized carbons (Fsp3) is 0.929. The molecule has 104 valence electrons. The molecule has 1 saturated heterocycles. The van der Waals surface area contributed by atoms with Crippen LogP contribution in [0.25, 0.3) is 0 Å². The molecule has 1 aliphatic heterocycles. The third-order valence-electron chi connectivity index (χ3n) is 4.19. The number of thioether (sulfide) groups is 1. The molecule has 4 heteroatoms. The number of unbranched alkanes of at least 4 members (excludes halogenated alkanes) is 1. The first-order valence-corrected chi connectivity index (χ1v) is 8.56. The van der Waals surface area contributed by atoms with Gasteiger partial charge in [-0.05, 0) is 31.6 Å². The molecule has 1 atom stereocenters. The van der Waals surface area contributed by atoms with Gasteiger partial charge in [0.25, 0.3) is 0 Å². The van der Waals surface area contributed by atoms with E-state index < -0.39 is 0 Å². The molecular formula is C14H26N2OS. The van der Waals surface area contributed by atoms with Gasteiger partial charge >= 0.3 is 0 Å². The molecule has 1 saturated carbocycles. The molecule has 0 aromatic heterocycles. The van der Waals surface area contributed by atoms with Gasteiger partial charge in [0.2, 0.25) is 5.91 Å². The van der Waals surface area contributed by atoms with E-state index in [0.29, 0.717) is 6.04 Å². The van der Waals surface area contributed by atoms with Crippen molar-refractivity contribution in [2.45, 2.75) is 64.0 Å². The highest BCUT2D eigenvalue weighted by molar-refractivity contribution is 7.99. The third kappa shape index (κ3) is 4.16. The summed E-state index contributed by atoms with van der Waals surface area (Å²) >= 11 is 1.81. The first-order valence-electron chi connectivity index (χ1n) is 7.41. The van der Waals surface area contributed by atoms with E-state index in [4.69, 9.17) is 0 Å². The van der Waals surface area contributed by atoms with Crippen LogP contribution in [0.5, 0.6) is 0 Å². The third-order valence-corrected chi connectivity index (χ3v) is 5.13. The number of hydrogen-bond acceptors (Lipinski definition) is 3. The summed E-state index contributed by atoms with van der Waals surface area (Å²) in [6, 6.07) is 0.482. The van der Waals surface area contributed by atoms with Crippen LogP contribution < -0.4 is 10.6 Å². The molecule has 0 radical (unpaired) electrons. The molecule has 2 rings (SSSR count). The number of carbonyl (C=O) groups excluding carboxylic acids is 1. The van der Waals surface area contributed by atoms with E-state index in [1.54, 1.807) is 0 Å². The van der Waals surface area contributed by atoms with Crippen LogP contribution in [-0.2, 0) is 4.79 Å². The summed E-state index contributed by atoms with van der Waals surface area (Å²) in [5.41, 5.74) is 0. The summed E-state index contributed by atoms with van der Waals surface area (Å²) in [5, 5.41) is 6.46. The maximum atomic E-state index is 12.0. The van der Waals surface area contributed by atoms with Gasteiger partial charge in [0.1, 0.15) is 0 Å². The van der Waals surface area contributed by atoms with E-state index >= 15 is 0 Å². The van der Waals surface area contributed by atoms with Crippen LogP contribution >= 0.6 is 11.8 Å². The van der Waals surface area contributed by atoms with Crippen LogP contribution in [0, 0.1) is 5.92 Å². The fourth-order valence-corrected chi connectivity index (χ4v) is 3.90. The predicted octanol–water partition coefficient (Wildman–Crippen LogP) is 2.51. The molecule has 1 unspecified atom stereocenters. The van der Waals surface area contributed by atoms with Gasteiger partial charge in [-0.1, -0.05) is 26.2 Å². The standard InChI is InChI=1S/C14H26N2OS/c1-2-3-4-11-5-7-12(8-6-11)16-14(17)13-9-18-10-15-13/h11-13,15H,2-10H2,1H3,(H,16,17). The lowest BCUT2D eigenvalue weighted by atomic mass is 9.83. The van der Waals surface area contributed by atoms with E-state index in [1.807, 2.05) is 11.8 Å². The lowest BCUT2D eigenvalue weighted by Crippen LogP contribution is -2.47. The van der Waals surface area contributed by atoms with Gasteiger partial charge in [0.05, 0.1) is 6.04 Å². The average molecular weight is 270 g/mol. The zero-order valence-corrected chi connectivity index (χ0v) is 12.2. The van der Waals surface area contributed by atoms with Gasteiger partial charge in [0.15, 0.2) is 0 Å². The second-order valence-electron chi connectivity index (χ2n) is 5.64. The summed E-state index contributed by atoms with van der Waals surface area (Å²) in [6.45, 7) is 2.26. The average Bonchev–Trinajstić information content (AvgIpc) is 2.92. The largest absolute Gasteiger partial charge is 0.352 e. The van der Waals surface area contributed by atoms with Crippen LogP contribution in [0.3, 0.4) is 0 Å². The normalized spacial score (nSPS) is 32.4. The zero-order valence-electron chi connectivity index (χ0n) is 11.4. The molecule has 1 heterocycles. The van der Waals surface area contributed by atoms with Gasteiger partial charge in [-0.3, -0.25) is 10.1 Å². The van der Waals surface area contributed by atoms with Crippen LogP contribution in [0.1, 0.15) is 51.9 Å². The Morgan fingerprint density at radius 3 is 2.72 bits per heavy atom. The molecule has 2 N–H and O–H groups in total. The Morgan fingerprint density at radius 1 is 1.33 bits per heavy atom. The molecule has 2 fully saturated rings. The van der Waals surface area contributed by atoms with E-state index in [0.717, 1.165) is 17.5 Å². The highest BCUT2D eigenvalue weighted by atomic mass is 32.2. The highest BCUT2D eigenvalue weighted by Gasteiger charge is 2.27. The van der Waals surface area contributed by atoms with Crippen molar-refractivity contribution in [2.75, 3.05) is 11.6 Å². The van der Waals surface area contributed by atoms with Gasteiger partial charge in [-0.15, -0.1) is 11.8 Å². The second-order valence-corrected chi connectivity index (χ2v) is 6.67. The van der Waals surface area contributed by atoms with Gasteiger partial charge in [0, 0.05) is 17.7 Å². The Kier molecular flexibility index (Phi) is 5.83. The number of carbonyl (C=O) groups is 1. The van der Waals surface area contributed by atoms with Crippen LogP contribution in [0.15, 0.2) is 0 Å². The fourth-order valence-electron chi connectivity index (χ4n) is 2.95. The van der Waals surface area contributed by atoms with Crippen molar-refractivity contribution in [3.63, 3.8) is 0 Å². The quantitative estimate of drug-likeness (QED) is 0.806. The maximum absolute atomic E-state index is 12.0. The van der Waals surface area contributed by atoms with Crippen molar-refractivity contribution in [1.82, 2.24) is 10.6 Å². The van der Waals surface area contributed by atoms with Crippen LogP contribution in [0.2, 0.25) is 0 Å². The number of hydrogen-bond donors (Lipinski definition) is 2. The number of amides is 1. The van der Waals surface area contributed by atoms with E-state index in [9.17, 15) is 4.79 Å². The molecule has 1 aliphatic carbocycles.